The quantitative estimate of drug-likeness (QED) is 0.810. The summed E-state index contributed by atoms with van der Waals surface area (Å²) in [5.41, 5.74) is 3.03. The summed E-state index contributed by atoms with van der Waals surface area (Å²) in [5.74, 6) is 0.752. The number of carbonyl (C=O) groups excluding carboxylic acids is 1. The van der Waals surface area contributed by atoms with Gasteiger partial charge in [0.2, 0.25) is 5.12 Å². The van der Waals surface area contributed by atoms with Gasteiger partial charge in [-0.15, -0.1) is 12.4 Å². The van der Waals surface area contributed by atoms with Gasteiger partial charge in [-0.05, 0) is 37.4 Å². The highest BCUT2D eigenvalue weighted by Gasteiger charge is 2.30. The zero-order chi connectivity index (χ0) is 15.5. The Bertz CT molecular complexity index is 676. The van der Waals surface area contributed by atoms with Crippen LogP contribution in [-0.2, 0) is 6.61 Å². The molecule has 0 radical (unpaired) electrons. The summed E-state index contributed by atoms with van der Waals surface area (Å²) in [7, 11) is 4.06. The molecule has 1 atom stereocenters. The predicted octanol–water partition coefficient (Wildman–Crippen LogP) is 4.18. The van der Waals surface area contributed by atoms with Crippen molar-refractivity contribution < 1.29 is 9.53 Å². The summed E-state index contributed by atoms with van der Waals surface area (Å²) in [4.78, 5) is 14.3. The Labute approximate surface area is 147 Å². The van der Waals surface area contributed by atoms with E-state index in [9.17, 15) is 4.79 Å². The Balaban J connectivity index is 0.00000192. The van der Waals surface area contributed by atoms with Crippen molar-refractivity contribution in [1.82, 2.24) is 4.90 Å². The number of rotatable bonds is 5. The van der Waals surface area contributed by atoms with Gasteiger partial charge in [0.1, 0.15) is 12.4 Å². The van der Waals surface area contributed by atoms with Crippen LogP contribution in [0.15, 0.2) is 48.5 Å². The third kappa shape index (κ3) is 4.28. The molecule has 23 heavy (non-hydrogen) atoms. The van der Waals surface area contributed by atoms with Gasteiger partial charge in [-0.1, -0.05) is 48.2 Å². The average Bonchev–Trinajstić information content (AvgIpc) is 2.81. The molecule has 0 saturated carbocycles. The normalized spacial score (nSPS) is 16.1. The van der Waals surface area contributed by atoms with Crippen LogP contribution in [0.5, 0.6) is 5.75 Å². The Morgan fingerprint density at radius 2 is 1.87 bits per heavy atom. The second-order valence-electron chi connectivity index (χ2n) is 5.68. The molecule has 0 aromatic heterocycles. The van der Waals surface area contributed by atoms with Crippen molar-refractivity contribution in [2.45, 2.75) is 11.9 Å². The second-order valence-corrected chi connectivity index (χ2v) is 6.86. The highest BCUT2D eigenvalue weighted by Crippen LogP contribution is 2.43. The molecule has 1 heterocycles. The summed E-state index contributed by atoms with van der Waals surface area (Å²) in [5, 5.41) is 0.368. The van der Waals surface area contributed by atoms with Crippen LogP contribution in [-0.4, -0.2) is 30.7 Å². The first kappa shape index (κ1) is 17.9. The van der Waals surface area contributed by atoms with Crippen LogP contribution < -0.4 is 4.74 Å². The molecule has 2 aromatic rings. The molecule has 5 heteroatoms. The van der Waals surface area contributed by atoms with Crippen molar-refractivity contribution in [3.05, 3.63) is 65.2 Å². The smallest absolute Gasteiger partial charge is 0.220 e. The zero-order valence-corrected chi connectivity index (χ0v) is 14.8. The molecule has 3 nitrogen and oxygen atoms in total. The standard InChI is InChI=1S/C18H19NO2S.ClH/c1-19(2)11-17-15-9-8-14(10-16(15)18(20)22-17)21-12-13-6-4-3-5-7-13;/h3-10,17H,11-12H2,1-2H3;1H. The largest absolute Gasteiger partial charge is 0.489 e. The van der Waals surface area contributed by atoms with Crippen molar-refractivity contribution in [2.75, 3.05) is 20.6 Å². The number of thioether (sulfide) groups is 1. The lowest BCUT2D eigenvalue weighted by molar-refractivity contribution is 0.109. The lowest BCUT2D eigenvalue weighted by Gasteiger charge is -2.15. The number of likely N-dealkylation sites (N-methyl/N-ethyl adjacent to an activating group) is 1. The van der Waals surface area contributed by atoms with Crippen LogP contribution in [0.4, 0.5) is 0 Å². The SMILES string of the molecule is CN(C)CC1SC(=O)c2cc(OCc3ccccc3)ccc21.Cl. The van der Waals surface area contributed by atoms with Crippen molar-refractivity contribution >= 4 is 29.3 Å². The molecule has 1 aliphatic rings. The fraction of sp³-hybridized carbons (Fsp3) is 0.278. The van der Waals surface area contributed by atoms with Crippen LogP contribution in [0.25, 0.3) is 0 Å². The minimum Gasteiger partial charge on any atom is -0.489 e. The number of hydrogen-bond donors (Lipinski definition) is 0. The topological polar surface area (TPSA) is 29.5 Å². The van der Waals surface area contributed by atoms with Crippen molar-refractivity contribution in [2.24, 2.45) is 0 Å². The second kappa shape index (κ2) is 7.86. The Kier molecular flexibility index (Phi) is 6.10. The molecule has 0 N–H and O–H groups in total. The summed E-state index contributed by atoms with van der Waals surface area (Å²) >= 11 is 1.41. The number of hydrogen-bond acceptors (Lipinski definition) is 4. The van der Waals surface area contributed by atoms with E-state index < -0.39 is 0 Å². The van der Waals surface area contributed by atoms with E-state index in [1.807, 2.05) is 62.6 Å². The summed E-state index contributed by atoms with van der Waals surface area (Å²) in [6, 6.07) is 15.9. The van der Waals surface area contributed by atoms with Crippen LogP contribution >= 0.6 is 24.2 Å². The van der Waals surface area contributed by atoms with E-state index in [0.717, 1.165) is 29.0 Å². The number of ether oxygens (including phenoxy) is 1. The Hall–Kier alpha value is -1.49. The number of fused-ring (bicyclic) bond motifs is 1. The highest BCUT2D eigenvalue weighted by atomic mass is 35.5. The Morgan fingerprint density at radius 3 is 2.57 bits per heavy atom. The number of carbonyl (C=O) groups is 1. The summed E-state index contributed by atoms with van der Waals surface area (Å²) < 4.78 is 5.81. The van der Waals surface area contributed by atoms with E-state index in [0.29, 0.717) is 6.61 Å². The lowest BCUT2D eigenvalue weighted by atomic mass is 10.0. The van der Waals surface area contributed by atoms with Gasteiger partial charge < -0.3 is 9.64 Å². The van der Waals surface area contributed by atoms with E-state index in [1.165, 1.54) is 11.8 Å². The fourth-order valence-electron chi connectivity index (χ4n) is 2.55. The van der Waals surface area contributed by atoms with Gasteiger partial charge in [-0.25, -0.2) is 0 Å². The summed E-state index contributed by atoms with van der Waals surface area (Å²) in [6.07, 6.45) is 0. The van der Waals surface area contributed by atoms with Gasteiger partial charge in [-0.2, -0.15) is 0 Å². The first-order chi connectivity index (χ1) is 10.6. The van der Waals surface area contributed by atoms with E-state index in [4.69, 9.17) is 4.74 Å². The predicted molar refractivity (Wildman–Crippen MR) is 97.7 cm³/mol. The van der Waals surface area contributed by atoms with Gasteiger partial charge in [0, 0.05) is 12.1 Å². The first-order valence-electron chi connectivity index (χ1n) is 7.30. The van der Waals surface area contributed by atoms with Gasteiger partial charge in [0.05, 0.1) is 5.25 Å². The van der Waals surface area contributed by atoms with Gasteiger partial charge in [0.25, 0.3) is 0 Å². The number of benzene rings is 2. The third-order valence-corrected chi connectivity index (χ3v) is 4.74. The van der Waals surface area contributed by atoms with Gasteiger partial charge in [0.15, 0.2) is 0 Å². The molecule has 2 aromatic carbocycles. The molecule has 0 fully saturated rings. The molecule has 1 unspecified atom stereocenters. The molecule has 0 spiro atoms. The minimum absolute atomic E-state index is 0. The average molecular weight is 350 g/mol. The maximum Gasteiger partial charge on any atom is 0.220 e. The van der Waals surface area contributed by atoms with Crippen molar-refractivity contribution in [3.63, 3.8) is 0 Å². The summed E-state index contributed by atoms with van der Waals surface area (Å²) in [6.45, 7) is 1.38. The maximum absolute atomic E-state index is 12.2. The monoisotopic (exact) mass is 349 g/mol. The van der Waals surface area contributed by atoms with E-state index in [2.05, 4.69) is 4.90 Å². The molecule has 1 aliphatic heterocycles. The van der Waals surface area contributed by atoms with E-state index in [1.54, 1.807) is 0 Å². The van der Waals surface area contributed by atoms with Crippen molar-refractivity contribution in [3.8, 4) is 5.75 Å². The fourth-order valence-corrected chi connectivity index (χ4v) is 3.81. The first-order valence-corrected chi connectivity index (χ1v) is 8.18. The minimum atomic E-state index is 0. The molecule has 0 saturated heterocycles. The maximum atomic E-state index is 12.2. The molecule has 0 amide bonds. The van der Waals surface area contributed by atoms with E-state index in [-0.39, 0.29) is 22.8 Å². The van der Waals surface area contributed by atoms with Crippen LogP contribution in [0.3, 0.4) is 0 Å². The lowest BCUT2D eigenvalue weighted by Crippen LogP contribution is -2.17. The van der Waals surface area contributed by atoms with Gasteiger partial charge >= 0.3 is 0 Å². The third-order valence-electron chi connectivity index (χ3n) is 3.62. The zero-order valence-electron chi connectivity index (χ0n) is 13.2. The number of nitrogens with zero attached hydrogens (tertiary/aromatic N) is 1. The number of halogens is 1. The molecular formula is C18H20ClNO2S. The molecule has 0 bridgehead atoms. The van der Waals surface area contributed by atoms with Crippen molar-refractivity contribution in [1.29, 1.82) is 0 Å². The van der Waals surface area contributed by atoms with Crippen LogP contribution in [0, 0.1) is 0 Å². The molecular weight excluding hydrogens is 330 g/mol. The molecule has 3 rings (SSSR count). The van der Waals surface area contributed by atoms with Crippen LogP contribution in [0.2, 0.25) is 0 Å². The molecule has 122 valence electrons. The highest BCUT2D eigenvalue weighted by molar-refractivity contribution is 8.14. The van der Waals surface area contributed by atoms with Gasteiger partial charge in [-0.3, -0.25) is 4.79 Å². The Morgan fingerprint density at radius 1 is 1.13 bits per heavy atom. The van der Waals surface area contributed by atoms with E-state index >= 15 is 0 Å². The van der Waals surface area contributed by atoms with Crippen LogP contribution in [0.1, 0.15) is 26.7 Å². The molecule has 0 aliphatic carbocycles.